The Bertz CT molecular complexity index is 1240. The lowest BCUT2D eigenvalue weighted by Gasteiger charge is -2.10. The highest BCUT2D eigenvalue weighted by Gasteiger charge is 2.31. The summed E-state index contributed by atoms with van der Waals surface area (Å²) in [5.74, 6) is 1.07. The van der Waals surface area contributed by atoms with E-state index in [1.807, 2.05) is 6.07 Å². The number of imidazole rings is 1. The van der Waals surface area contributed by atoms with Crippen LogP contribution in [0.5, 0.6) is 5.75 Å². The molecule has 0 aliphatic heterocycles. The molecule has 0 bridgehead atoms. The van der Waals surface area contributed by atoms with E-state index in [1.54, 1.807) is 19.2 Å². The zero-order valence-corrected chi connectivity index (χ0v) is 17.0. The Labute approximate surface area is 169 Å². The summed E-state index contributed by atoms with van der Waals surface area (Å²) in [6.45, 7) is 0. The molecule has 0 spiro atoms. The molecule has 0 amide bonds. The van der Waals surface area contributed by atoms with Crippen LogP contribution in [0.2, 0.25) is 0 Å². The number of carbonyl (C=O) groups is 1. The average Bonchev–Trinajstić information content (AvgIpc) is 3.33. The maximum absolute atomic E-state index is 12.1. The molecule has 2 aromatic heterocycles. The first kappa shape index (κ1) is 17.3. The number of benzene rings is 2. The molecule has 1 fully saturated rings. The fourth-order valence-electron chi connectivity index (χ4n) is 3.68. The van der Waals surface area contributed by atoms with Gasteiger partial charge in [0.05, 0.1) is 31.0 Å². The first-order chi connectivity index (χ1) is 13.6. The maximum atomic E-state index is 12.1. The van der Waals surface area contributed by atoms with Gasteiger partial charge < -0.3 is 19.0 Å². The van der Waals surface area contributed by atoms with Crippen molar-refractivity contribution in [1.82, 2.24) is 14.5 Å². The van der Waals surface area contributed by atoms with Crippen LogP contribution in [0.1, 0.15) is 29.2 Å². The molecule has 6 nitrogen and oxygen atoms in total. The number of hydrogen-bond donors (Lipinski definition) is 1. The maximum Gasteiger partial charge on any atom is 0.338 e. The molecule has 0 radical (unpaired) electrons. The fraction of sp³-hybridized carbons (Fsp3) is 0.238. The lowest BCUT2D eigenvalue weighted by molar-refractivity contribution is 0.0600. The Kier molecular flexibility index (Phi) is 3.94. The number of aromatic amines is 1. The summed E-state index contributed by atoms with van der Waals surface area (Å²) < 4.78 is 13.8. The summed E-state index contributed by atoms with van der Waals surface area (Å²) in [6, 6.07) is 12.1. The van der Waals surface area contributed by atoms with Crippen LogP contribution in [0.4, 0.5) is 0 Å². The quantitative estimate of drug-likeness (QED) is 0.450. The summed E-state index contributed by atoms with van der Waals surface area (Å²) in [5.41, 5.74) is 4.05. The molecule has 4 aromatic rings. The second-order valence-corrected chi connectivity index (χ2v) is 7.90. The number of aromatic nitrogens is 3. The van der Waals surface area contributed by atoms with Crippen LogP contribution in [0.3, 0.4) is 0 Å². The van der Waals surface area contributed by atoms with Gasteiger partial charge in [0.15, 0.2) is 5.82 Å². The topological polar surface area (TPSA) is 69.1 Å². The monoisotopic (exact) mass is 439 g/mol. The molecule has 0 saturated heterocycles. The minimum atomic E-state index is -0.404. The number of nitrogens with zero attached hydrogens (tertiary/aromatic N) is 2. The van der Waals surface area contributed by atoms with E-state index in [4.69, 9.17) is 14.5 Å². The molecule has 2 aromatic carbocycles. The average molecular weight is 440 g/mol. The Morgan fingerprint density at radius 3 is 2.75 bits per heavy atom. The van der Waals surface area contributed by atoms with Gasteiger partial charge in [-0.2, -0.15) is 0 Å². The SMILES string of the molecule is COC(=O)c1cc(OC)c2c(c1)nc(-c1cc3ccc(Br)cc3[nH]1)n2C1CC1. The standard InChI is InChI=1S/C21H18BrN3O3/c1-27-18-9-12(21(26)28-2)8-16-19(18)25(14-5-6-14)20(24-16)17-7-11-3-4-13(22)10-15(11)23-17/h3-4,7-10,14,23H,5-6H2,1-2H3. The van der Waals surface area contributed by atoms with E-state index in [-0.39, 0.29) is 0 Å². The van der Waals surface area contributed by atoms with Gasteiger partial charge in [0.25, 0.3) is 0 Å². The van der Waals surface area contributed by atoms with Gasteiger partial charge in [0.1, 0.15) is 11.3 Å². The number of methoxy groups -OCH3 is 2. The van der Waals surface area contributed by atoms with Crippen molar-refractivity contribution >= 4 is 43.8 Å². The molecule has 2 heterocycles. The number of rotatable bonds is 4. The minimum Gasteiger partial charge on any atom is -0.494 e. The number of esters is 1. The number of ether oxygens (including phenoxy) is 2. The lowest BCUT2D eigenvalue weighted by atomic mass is 10.2. The van der Waals surface area contributed by atoms with Crippen molar-refractivity contribution in [2.24, 2.45) is 0 Å². The normalized spacial score (nSPS) is 14.0. The Balaban J connectivity index is 1.78. The number of fused-ring (bicyclic) bond motifs is 2. The summed E-state index contributed by atoms with van der Waals surface area (Å²) in [7, 11) is 2.98. The van der Waals surface area contributed by atoms with Crippen LogP contribution < -0.4 is 4.74 Å². The van der Waals surface area contributed by atoms with Crippen molar-refractivity contribution in [3.8, 4) is 17.3 Å². The zero-order valence-electron chi connectivity index (χ0n) is 15.5. The molecule has 5 rings (SSSR count). The van der Waals surface area contributed by atoms with Crippen LogP contribution >= 0.6 is 15.9 Å². The predicted octanol–water partition coefficient (Wildman–Crippen LogP) is 5.08. The van der Waals surface area contributed by atoms with Crippen molar-refractivity contribution in [2.75, 3.05) is 14.2 Å². The second-order valence-electron chi connectivity index (χ2n) is 6.99. The van der Waals surface area contributed by atoms with Crippen molar-refractivity contribution in [2.45, 2.75) is 18.9 Å². The van der Waals surface area contributed by atoms with Gasteiger partial charge >= 0.3 is 5.97 Å². The minimum absolute atomic E-state index is 0.385. The Morgan fingerprint density at radius 1 is 1.21 bits per heavy atom. The Morgan fingerprint density at radius 2 is 2.04 bits per heavy atom. The van der Waals surface area contributed by atoms with E-state index in [1.165, 1.54) is 7.11 Å². The van der Waals surface area contributed by atoms with Gasteiger partial charge in [-0.25, -0.2) is 9.78 Å². The second kappa shape index (κ2) is 6.38. The molecule has 1 aliphatic carbocycles. The number of carbonyl (C=O) groups excluding carboxylic acids is 1. The van der Waals surface area contributed by atoms with Crippen LogP contribution in [-0.4, -0.2) is 34.7 Å². The molecule has 0 atom stereocenters. The molecule has 1 N–H and O–H groups in total. The van der Waals surface area contributed by atoms with E-state index >= 15 is 0 Å². The van der Waals surface area contributed by atoms with E-state index < -0.39 is 5.97 Å². The van der Waals surface area contributed by atoms with E-state index in [9.17, 15) is 4.79 Å². The first-order valence-electron chi connectivity index (χ1n) is 9.06. The van der Waals surface area contributed by atoms with E-state index in [0.717, 1.165) is 50.8 Å². The van der Waals surface area contributed by atoms with Crippen molar-refractivity contribution in [3.63, 3.8) is 0 Å². The zero-order chi connectivity index (χ0) is 19.4. The van der Waals surface area contributed by atoms with Crippen LogP contribution in [0.25, 0.3) is 33.5 Å². The molecule has 1 aliphatic rings. The van der Waals surface area contributed by atoms with Gasteiger partial charge in [-0.05, 0) is 43.2 Å². The third kappa shape index (κ3) is 2.69. The summed E-state index contributed by atoms with van der Waals surface area (Å²) in [5, 5.41) is 1.12. The van der Waals surface area contributed by atoms with Gasteiger partial charge in [-0.1, -0.05) is 22.0 Å². The largest absolute Gasteiger partial charge is 0.494 e. The summed E-state index contributed by atoms with van der Waals surface area (Å²) >= 11 is 3.52. The van der Waals surface area contributed by atoms with E-state index in [2.05, 4.69) is 43.7 Å². The number of H-pyrrole nitrogens is 1. The lowest BCUT2D eigenvalue weighted by Crippen LogP contribution is -2.03. The van der Waals surface area contributed by atoms with Crippen LogP contribution in [0, 0.1) is 0 Å². The Hall–Kier alpha value is -2.80. The molecular weight excluding hydrogens is 422 g/mol. The highest BCUT2D eigenvalue weighted by atomic mass is 79.9. The summed E-state index contributed by atoms with van der Waals surface area (Å²) in [4.78, 5) is 20.4. The number of nitrogens with one attached hydrogen (secondary N) is 1. The van der Waals surface area contributed by atoms with Crippen LogP contribution in [0.15, 0.2) is 40.9 Å². The first-order valence-corrected chi connectivity index (χ1v) is 9.85. The third-order valence-corrected chi connectivity index (χ3v) is 5.62. The molecule has 142 valence electrons. The predicted molar refractivity (Wildman–Crippen MR) is 111 cm³/mol. The van der Waals surface area contributed by atoms with E-state index in [0.29, 0.717) is 17.4 Å². The number of hydrogen-bond acceptors (Lipinski definition) is 4. The van der Waals surface area contributed by atoms with Crippen molar-refractivity contribution in [1.29, 1.82) is 0 Å². The molecule has 1 saturated carbocycles. The van der Waals surface area contributed by atoms with Gasteiger partial charge in [-0.3, -0.25) is 0 Å². The third-order valence-electron chi connectivity index (χ3n) is 5.13. The summed E-state index contributed by atoms with van der Waals surface area (Å²) in [6.07, 6.45) is 2.21. The molecule has 7 heteroatoms. The van der Waals surface area contributed by atoms with Gasteiger partial charge in [-0.15, -0.1) is 0 Å². The highest BCUT2D eigenvalue weighted by molar-refractivity contribution is 9.10. The van der Waals surface area contributed by atoms with Crippen molar-refractivity contribution in [3.05, 3.63) is 46.4 Å². The smallest absolute Gasteiger partial charge is 0.338 e. The number of halogens is 1. The van der Waals surface area contributed by atoms with Gasteiger partial charge in [0, 0.05) is 21.4 Å². The van der Waals surface area contributed by atoms with Crippen molar-refractivity contribution < 1.29 is 14.3 Å². The molecule has 0 unspecified atom stereocenters. The van der Waals surface area contributed by atoms with Crippen LogP contribution in [-0.2, 0) is 4.74 Å². The molecule has 28 heavy (non-hydrogen) atoms. The molecular formula is C21H18BrN3O3. The highest BCUT2D eigenvalue weighted by Crippen LogP contribution is 2.44. The van der Waals surface area contributed by atoms with Gasteiger partial charge in [0.2, 0.25) is 0 Å². The fourth-order valence-corrected chi connectivity index (χ4v) is 4.04.